The summed E-state index contributed by atoms with van der Waals surface area (Å²) in [4.78, 5) is 6.62. The lowest BCUT2D eigenvalue weighted by Crippen LogP contribution is -2.08. The largest absolute Gasteiger partial charge is 0.378 e. The quantitative estimate of drug-likeness (QED) is 0.661. The molecule has 0 spiro atoms. The first kappa shape index (κ1) is 14.1. The Morgan fingerprint density at radius 3 is 2.62 bits per heavy atom. The molecule has 1 aromatic heterocycles. The third-order valence-corrected chi connectivity index (χ3v) is 4.55. The number of thiazole rings is 1. The normalized spacial score (nSPS) is 11.4. The van der Waals surface area contributed by atoms with Gasteiger partial charge in [0, 0.05) is 24.8 Å². The predicted molar refractivity (Wildman–Crippen MR) is 94.3 cm³/mol. The molecule has 21 heavy (non-hydrogen) atoms. The van der Waals surface area contributed by atoms with E-state index < -0.39 is 0 Å². The molecule has 0 radical (unpaired) electrons. The van der Waals surface area contributed by atoms with Crippen LogP contribution in [0.15, 0.2) is 42.5 Å². The summed E-state index contributed by atoms with van der Waals surface area (Å²) in [5, 5.41) is 1.74. The lowest BCUT2D eigenvalue weighted by atomic mass is 10.2. The van der Waals surface area contributed by atoms with Gasteiger partial charge in [-0.15, -0.1) is 11.3 Å². The molecule has 1 heterocycles. The van der Waals surface area contributed by atoms with Crippen LogP contribution in [0.2, 0.25) is 5.02 Å². The number of hydrogen-bond acceptors (Lipinski definition) is 3. The minimum Gasteiger partial charge on any atom is -0.378 e. The number of hydrogen-bond donors (Lipinski definition) is 0. The summed E-state index contributed by atoms with van der Waals surface area (Å²) in [6, 6.07) is 14.2. The zero-order valence-electron chi connectivity index (χ0n) is 11.9. The molecule has 3 rings (SSSR count). The molecule has 0 saturated carbocycles. The van der Waals surface area contributed by atoms with Gasteiger partial charge in [-0.25, -0.2) is 4.98 Å². The molecule has 2 aromatic carbocycles. The van der Waals surface area contributed by atoms with Crippen molar-refractivity contribution < 1.29 is 0 Å². The minimum absolute atomic E-state index is 0.749. The van der Waals surface area contributed by atoms with E-state index in [-0.39, 0.29) is 0 Å². The Labute approximate surface area is 133 Å². The second-order valence-electron chi connectivity index (χ2n) is 4.95. The van der Waals surface area contributed by atoms with Crippen LogP contribution < -0.4 is 4.90 Å². The van der Waals surface area contributed by atoms with Gasteiger partial charge in [0.2, 0.25) is 0 Å². The van der Waals surface area contributed by atoms with Crippen LogP contribution in [0, 0.1) is 0 Å². The SMILES string of the molecule is CN(C)c1ccc(/C=C/c2nc3ccccc3s2)c(Cl)c1. The summed E-state index contributed by atoms with van der Waals surface area (Å²) < 4.78 is 1.20. The van der Waals surface area contributed by atoms with Crippen LogP contribution in [-0.4, -0.2) is 19.1 Å². The van der Waals surface area contributed by atoms with E-state index in [0.717, 1.165) is 26.8 Å². The lowest BCUT2D eigenvalue weighted by molar-refractivity contribution is 1.13. The molecule has 0 N–H and O–H groups in total. The number of aromatic nitrogens is 1. The van der Waals surface area contributed by atoms with Gasteiger partial charge in [0.25, 0.3) is 0 Å². The van der Waals surface area contributed by atoms with Gasteiger partial charge < -0.3 is 4.90 Å². The van der Waals surface area contributed by atoms with Gasteiger partial charge in [0.15, 0.2) is 0 Å². The van der Waals surface area contributed by atoms with Crippen LogP contribution in [0.3, 0.4) is 0 Å². The summed E-state index contributed by atoms with van der Waals surface area (Å²) in [6.45, 7) is 0. The highest BCUT2D eigenvalue weighted by Crippen LogP contribution is 2.26. The van der Waals surface area contributed by atoms with E-state index in [0.29, 0.717) is 0 Å². The maximum Gasteiger partial charge on any atom is 0.117 e. The van der Waals surface area contributed by atoms with E-state index in [1.807, 2.05) is 61.5 Å². The molecule has 0 aliphatic carbocycles. The number of anilines is 1. The zero-order valence-corrected chi connectivity index (χ0v) is 13.4. The van der Waals surface area contributed by atoms with Gasteiger partial charge in [-0.3, -0.25) is 0 Å². The van der Waals surface area contributed by atoms with Crippen LogP contribution in [0.25, 0.3) is 22.4 Å². The van der Waals surface area contributed by atoms with Crippen molar-refractivity contribution in [2.45, 2.75) is 0 Å². The van der Waals surface area contributed by atoms with Crippen molar-refractivity contribution in [3.63, 3.8) is 0 Å². The number of benzene rings is 2. The molecule has 4 heteroatoms. The standard InChI is InChI=1S/C17H15ClN2S/c1-20(2)13-9-7-12(14(18)11-13)8-10-17-19-15-5-3-4-6-16(15)21-17/h3-11H,1-2H3/b10-8+. The van der Waals surface area contributed by atoms with E-state index in [1.54, 1.807) is 11.3 Å². The number of para-hydroxylation sites is 1. The van der Waals surface area contributed by atoms with Gasteiger partial charge in [0.05, 0.1) is 10.2 Å². The molecule has 0 fully saturated rings. The second-order valence-corrected chi connectivity index (χ2v) is 6.42. The number of nitrogens with zero attached hydrogens (tertiary/aromatic N) is 2. The fourth-order valence-electron chi connectivity index (χ4n) is 2.05. The molecule has 0 atom stereocenters. The van der Waals surface area contributed by atoms with Gasteiger partial charge >= 0.3 is 0 Å². The Balaban J connectivity index is 1.88. The maximum atomic E-state index is 6.32. The highest BCUT2D eigenvalue weighted by atomic mass is 35.5. The Kier molecular flexibility index (Phi) is 3.95. The third-order valence-electron chi connectivity index (χ3n) is 3.22. The van der Waals surface area contributed by atoms with Gasteiger partial charge in [0.1, 0.15) is 5.01 Å². The maximum absolute atomic E-state index is 6.32. The predicted octanol–water partition coefficient (Wildman–Crippen LogP) is 5.19. The first-order valence-corrected chi connectivity index (χ1v) is 7.83. The molecule has 3 aromatic rings. The molecule has 0 saturated heterocycles. The Morgan fingerprint density at radius 2 is 1.90 bits per heavy atom. The van der Waals surface area contributed by atoms with Crippen molar-refractivity contribution >= 4 is 51.0 Å². The van der Waals surface area contributed by atoms with E-state index in [1.165, 1.54) is 4.70 Å². The van der Waals surface area contributed by atoms with Gasteiger partial charge in [-0.05, 0) is 35.9 Å². The average molecular weight is 315 g/mol. The fraction of sp³-hybridized carbons (Fsp3) is 0.118. The molecular formula is C17H15ClN2S. The summed E-state index contributed by atoms with van der Waals surface area (Å²) in [7, 11) is 4.00. The van der Waals surface area contributed by atoms with Crippen molar-refractivity contribution in [2.75, 3.05) is 19.0 Å². The molecule has 0 bridgehead atoms. The molecule has 0 amide bonds. The van der Waals surface area contributed by atoms with Crippen molar-refractivity contribution in [3.05, 3.63) is 58.1 Å². The minimum atomic E-state index is 0.749. The number of halogens is 1. The van der Waals surface area contributed by atoms with Crippen LogP contribution in [0.1, 0.15) is 10.6 Å². The topological polar surface area (TPSA) is 16.1 Å². The van der Waals surface area contributed by atoms with Crippen LogP contribution in [0.4, 0.5) is 5.69 Å². The monoisotopic (exact) mass is 314 g/mol. The number of rotatable bonds is 3. The smallest absolute Gasteiger partial charge is 0.117 e. The van der Waals surface area contributed by atoms with E-state index in [2.05, 4.69) is 17.1 Å². The summed E-state index contributed by atoms with van der Waals surface area (Å²) in [6.07, 6.45) is 4.03. The number of fused-ring (bicyclic) bond motifs is 1. The molecule has 106 valence electrons. The third kappa shape index (κ3) is 3.09. The highest BCUT2D eigenvalue weighted by Gasteiger charge is 2.02. The van der Waals surface area contributed by atoms with E-state index >= 15 is 0 Å². The first-order chi connectivity index (χ1) is 10.1. The van der Waals surface area contributed by atoms with E-state index in [9.17, 15) is 0 Å². The van der Waals surface area contributed by atoms with Crippen molar-refractivity contribution in [2.24, 2.45) is 0 Å². The van der Waals surface area contributed by atoms with Gasteiger partial charge in [-0.2, -0.15) is 0 Å². The fourth-order valence-corrected chi connectivity index (χ4v) is 3.16. The van der Waals surface area contributed by atoms with E-state index in [4.69, 9.17) is 11.6 Å². The second kappa shape index (κ2) is 5.88. The lowest BCUT2D eigenvalue weighted by Gasteiger charge is -2.13. The Morgan fingerprint density at radius 1 is 1.10 bits per heavy atom. The Bertz CT molecular complexity index is 772. The zero-order chi connectivity index (χ0) is 14.8. The first-order valence-electron chi connectivity index (χ1n) is 6.64. The summed E-state index contributed by atoms with van der Waals surface area (Å²) in [5.74, 6) is 0. The van der Waals surface area contributed by atoms with Gasteiger partial charge in [-0.1, -0.05) is 35.9 Å². The molecule has 0 unspecified atom stereocenters. The van der Waals surface area contributed by atoms with Crippen LogP contribution in [0.5, 0.6) is 0 Å². The molecular weight excluding hydrogens is 300 g/mol. The van der Waals surface area contributed by atoms with Crippen LogP contribution in [-0.2, 0) is 0 Å². The molecule has 2 nitrogen and oxygen atoms in total. The highest BCUT2D eigenvalue weighted by molar-refractivity contribution is 7.19. The Hall–Kier alpha value is -1.84. The van der Waals surface area contributed by atoms with Crippen molar-refractivity contribution in [1.82, 2.24) is 4.98 Å². The molecule has 0 aliphatic rings. The van der Waals surface area contributed by atoms with Crippen molar-refractivity contribution in [3.8, 4) is 0 Å². The summed E-state index contributed by atoms with van der Waals surface area (Å²) >= 11 is 8.00. The molecule has 0 aliphatic heterocycles. The average Bonchev–Trinajstić information content (AvgIpc) is 2.88. The summed E-state index contributed by atoms with van der Waals surface area (Å²) in [5.41, 5.74) is 3.13. The van der Waals surface area contributed by atoms with Crippen LogP contribution >= 0.6 is 22.9 Å². The van der Waals surface area contributed by atoms with Crippen molar-refractivity contribution in [1.29, 1.82) is 0 Å².